The van der Waals surface area contributed by atoms with Crippen LogP contribution in [-0.2, 0) is 17.8 Å². The smallest absolute Gasteiger partial charge is 0.422 e. The summed E-state index contributed by atoms with van der Waals surface area (Å²) in [5.41, 5.74) is 2.24. The number of nitriles is 1. The van der Waals surface area contributed by atoms with Gasteiger partial charge in [0.15, 0.2) is 6.61 Å². The van der Waals surface area contributed by atoms with Crippen molar-refractivity contribution < 1.29 is 22.7 Å². The second-order valence-electron chi connectivity index (χ2n) is 6.49. The monoisotopic (exact) mass is 407 g/mol. The van der Waals surface area contributed by atoms with E-state index < -0.39 is 18.3 Å². The number of nitrogens with one attached hydrogen (secondary N) is 2. The van der Waals surface area contributed by atoms with Crippen molar-refractivity contribution in [3.8, 4) is 11.8 Å². The molecule has 0 fully saturated rings. The van der Waals surface area contributed by atoms with Crippen molar-refractivity contribution >= 4 is 5.91 Å². The lowest BCUT2D eigenvalue weighted by Gasteiger charge is -2.11. The zero-order valence-corrected chi connectivity index (χ0v) is 15.9. The fraction of sp³-hybridized carbons (Fsp3) is 0.350. The number of hydrogen-bond acceptors (Lipinski definition) is 4. The molecule has 0 saturated carbocycles. The standard InChI is InChI=1S/C20H20F3N3O3/c1-12-16(13(2)26-19(28)17(12)9-24)7-8-18(27)25-10-14-3-5-15(6-4-14)29-11-20(21,22)23/h3-6H,7-8,10-11H2,1-2H3,(H,25,27)(H,26,28). The Balaban J connectivity index is 1.88. The third-order valence-electron chi connectivity index (χ3n) is 4.34. The van der Waals surface area contributed by atoms with Crippen molar-refractivity contribution in [3.63, 3.8) is 0 Å². The highest BCUT2D eigenvalue weighted by Crippen LogP contribution is 2.19. The average molecular weight is 407 g/mol. The molecule has 9 heteroatoms. The minimum Gasteiger partial charge on any atom is -0.484 e. The van der Waals surface area contributed by atoms with Gasteiger partial charge < -0.3 is 15.0 Å². The van der Waals surface area contributed by atoms with Gasteiger partial charge in [-0.3, -0.25) is 9.59 Å². The second kappa shape index (κ2) is 9.28. The number of halogens is 3. The Hall–Kier alpha value is -3.28. The molecule has 2 rings (SSSR count). The summed E-state index contributed by atoms with van der Waals surface area (Å²) < 4.78 is 41.0. The molecule has 0 aliphatic heterocycles. The topological polar surface area (TPSA) is 95.0 Å². The predicted octanol–water partition coefficient (Wildman–Crippen LogP) is 3.05. The number of aromatic nitrogens is 1. The van der Waals surface area contributed by atoms with E-state index >= 15 is 0 Å². The maximum atomic E-state index is 12.1. The summed E-state index contributed by atoms with van der Waals surface area (Å²) in [6.45, 7) is 2.24. The highest BCUT2D eigenvalue weighted by Gasteiger charge is 2.28. The number of carbonyl (C=O) groups is 1. The van der Waals surface area contributed by atoms with Crippen LogP contribution >= 0.6 is 0 Å². The number of nitrogens with zero attached hydrogens (tertiary/aromatic N) is 1. The van der Waals surface area contributed by atoms with Gasteiger partial charge in [-0.25, -0.2) is 0 Å². The van der Waals surface area contributed by atoms with E-state index in [4.69, 9.17) is 5.26 Å². The van der Waals surface area contributed by atoms with Gasteiger partial charge in [-0.2, -0.15) is 18.4 Å². The maximum absolute atomic E-state index is 12.1. The van der Waals surface area contributed by atoms with Crippen LogP contribution in [0.4, 0.5) is 13.2 Å². The number of rotatable bonds is 7. The molecule has 0 bridgehead atoms. The van der Waals surface area contributed by atoms with Crippen molar-refractivity contribution in [1.82, 2.24) is 10.3 Å². The van der Waals surface area contributed by atoms with Crippen molar-refractivity contribution in [2.75, 3.05) is 6.61 Å². The first-order valence-electron chi connectivity index (χ1n) is 8.78. The van der Waals surface area contributed by atoms with Gasteiger partial charge in [-0.1, -0.05) is 12.1 Å². The van der Waals surface area contributed by atoms with E-state index in [0.29, 0.717) is 23.2 Å². The Morgan fingerprint density at radius 2 is 1.90 bits per heavy atom. The molecule has 0 radical (unpaired) electrons. The highest BCUT2D eigenvalue weighted by atomic mass is 19.4. The van der Waals surface area contributed by atoms with Gasteiger partial charge in [0, 0.05) is 18.7 Å². The molecule has 0 atom stereocenters. The molecule has 0 unspecified atom stereocenters. The molecule has 1 amide bonds. The third kappa shape index (κ3) is 6.38. The van der Waals surface area contributed by atoms with Crippen LogP contribution in [0.5, 0.6) is 5.75 Å². The van der Waals surface area contributed by atoms with E-state index in [9.17, 15) is 22.8 Å². The Bertz CT molecular complexity index is 974. The summed E-state index contributed by atoms with van der Waals surface area (Å²) in [6, 6.07) is 7.82. The molecule has 0 aliphatic rings. The Morgan fingerprint density at radius 3 is 2.48 bits per heavy atom. The normalized spacial score (nSPS) is 11.0. The first-order chi connectivity index (χ1) is 13.6. The third-order valence-corrected chi connectivity index (χ3v) is 4.34. The number of ether oxygens (including phenoxy) is 1. The quantitative estimate of drug-likeness (QED) is 0.738. The van der Waals surface area contributed by atoms with Gasteiger partial charge in [-0.05, 0) is 49.1 Å². The second-order valence-corrected chi connectivity index (χ2v) is 6.49. The van der Waals surface area contributed by atoms with Crippen LogP contribution in [0.1, 0.15) is 34.4 Å². The van der Waals surface area contributed by atoms with Crippen LogP contribution in [0, 0.1) is 25.2 Å². The fourth-order valence-electron chi connectivity index (χ4n) is 2.82. The van der Waals surface area contributed by atoms with E-state index in [1.54, 1.807) is 26.0 Å². The number of carbonyl (C=O) groups excluding carboxylic acids is 1. The van der Waals surface area contributed by atoms with Crippen molar-refractivity contribution in [3.05, 3.63) is 62.6 Å². The minimum absolute atomic E-state index is 0.0406. The van der Waals surface area contributed by atoms with E-state index in [1.807, 2.05) is 6.07 Å². The number of pyridine rings is 1. The van der Waals surface area contributed by atoms with Crippen LogP contribution in [0.3, 0.4) is 0 Å². The zero-order chi connectivity index (χ0) is 21.6. The molecule has 0 saturated heterocycles. The van der Waals surface area contributed by atoms with Gasteiger partial charge in [0.1, 0.15) is 17.4 Å². The molecule has 0 spiro atoms. The molecule has 2 N–H and O–H groups in total. The lowest BCUT2D eigenvalue weighted by Crippen LogP contribution is -2.24. The Kier molecular flexibility index (Phi) is 7.04. The summed E-state index contributed by atoms with van der Waals surface area (Å²) in [5.74, 6) is -0.138. The highest BCUT2D eigenvalue weighted by molar-refractivity contribution is 5.76. The number of benzene rings is 1. The van der Waals surface area contributed by atoms with Crippen LogP contribution < -0.4 is 15.6 Å². The lowest BCUT2D eigenvalue weighted by molar-refractivity contribution is -0.153. The largest absolute Gasteiger partial charge is 0.484 e. The van der Waals surface area contributed by atoms with Gasteiger partial charge in [0.05, 0.1) is 0 Å². The van der Waals surface area contributed by atoms with Gasteiger partial charge in [-0.15, -0.1) is 0 Å². The van der Waals surface area contributed by atoms with Crippen molar-refractivity contribution in [2.24, 2.45) is 0 Å². The molecular weight excluding hydrogens is 387 g/mol. The van der Waals surface area contributed by atoms with Gasteiger partial charge in [0.25, 0.3) is 5.56 Å². The summed E-state index contributed by atoms with van der Waals surface area (Å²) in [6.07, 6.45) is -3.88. The van der Waals surface area contributed by atoms with Crippen LogP contribution in [0.15, 0.2) is 29.1 Å². The predicted molar refractivity (Wildman–Crippen MR) is 99.4 cm³/mol. The van der Waals surface area contributed by atoms with E-state index in [1.165, 1.54) is 12.1 Å². The average Bonchev–Trinajstić information content (AvgIpc) is 2.65. The molecule has 2 aromatic rings. The fourth-order valence-corrected chi connectivity index (χ4v) is 2.82. The van der Waals surface area contributed by atoms with Crippen LogP contribution in [0.25, 0.3) is 0 Å². The zero-order valence-electron chi connectivity index (χ0n) is 15.9. The number of H-pyrrole nitrogens is 1. The number of alkyl halides is 3. The molecule has 6 nitrogen and oxygen atoms in total. The van der Waals surface area contributed by atoms with E-state index in [0.717, 1.165) is 5.56 Å². The molecular formula is C20H20F3N3O3. The number of aromatic amines is 1. The summed E-state index contributed by atoms with van der Waals surface area (Å²) in [5, 5.41) is 11.8. The molecule has 154 valence electrons. The van der Waals surface area contributed by atoms with E-state index in [2.05, 4.69) is 15.0 Å². The van der Waals surface area contributed by atoms with Crippen molar-refractivity contribution in [1.29, 1.82) is 5.26 Å². The molecule has 1 heterocycles. The van der Waals surface area contributed by atoms with E-state index in [-0.39, 0.29) is 30.2 Å². The first kappa shape index (κ1) is 22.0. The Morgan fingerprint density at radius 1 is 1.24 bits per heavy atom. The summed E-state index contributed by atoms with van der Waals surface area (Å²) >= 11 is 0. The van der Waals surface area contributed by atoms with Crippen LogP contribution in [-0.4, -0.2) is 23.7 Å². The summed E-state index contributed by atoms with van der Waals surface area (Å²) in [4.78, 5) is 26.5. The number of aryl methyl sites for hydroxylation is 1. The molecule has 29 heavy (non-hydrogen) atoms. The first-order valence-corrected chi connectivity index (χ1v) is 8.78. The summed E-state index contributed by atoms with van der Waals surface area (Å²) in [7, 11) is 0. The maximum Gasteiger partial charge on any atom is 0.422 e. The van der Waals surface area contributed by atoms with Crippen molar-refractivity contribution in [2.45, 2.75) is 39.4 Å². The SMILES string of the molecule is Cc1[nH]c(=O)c(C#N)c(C)c1CCC(=O)NCc1ccc(OCC(F)(F)F)cc1. The minimum atomic E-state index is -4.40. The van der Waals surface area contributed by atoms with Gasteiger partial charge in [0.2, 0.25) is 5.91 Å². The molecule has 0 aliphatic carbocycles. The lowest BCUT2D eigenvalue weighted by atomic mass is 9.99. The van der Waals surface area contributed by atoms with Gasteiger partial charge >= 0.3 is 6.18 Å². The number of hydrogen-bond donors (Lipinski definition) is 2. The Labute approximate surface area is 165 Å². The number of amides is 1. The molecule has 1 aromatic carbocycles. The van der Waals surface area contributed by atoms with Crippen LogP contribution in [0.2, 0.25) is 0 Å². The molecule has 1 aromatic heterocycles.